The van der Waals surface area contributed by atoms with Gasteiger partial charge < -0.3 is 9.88 Å². The van der Waals surface area contributed by atoms with E-state index in [9.17, 15) is 9.59 Å². The summed E-state index contributed by atoms with van der Waals surface area (Å²) in [7, 11) is 0. The number of hydrogen-bond acceptors (Lipinski definition) is 2. The predicted octanol–water partition coefficient (Wildman–Crippen LogP) is 3.22. The second-order valence-electron chi connectivity index (χ2n) is 6.15. The van der Waals surface area contributed by atoms with Crippen LogP contribution in [0.5, 0.6) is 0 Å². The van der Waals surface area contributed by atoms with Gasteiger partial charge in [-0.2, -0.15) is 0 Å². The van der Waals surface area contributed by atoms with Gasteiger partial charge in [-0.05, 0) is 30.9 Å². The number of nitrogens with one attached hydrogen (secondary N) is 1. The van der Waals surface area contributed by atoms with Crippen LogP contribution < -0.4 is 5.43 Å². The van der Waals surface area contributed by atoms with E-state index >= 15 is 0 Å². The molecule has 1 N–H and O–H groups in total. The molecule has 0 aliphatic carbocycles. The number of aryl methyl sites for hydroxylation is 1. The van der Waals surface area contributed by atoms with Crippen LogP contribution in [0.2, 0.25) is 0 Å². The molecule has 1 aromatic heterocycles. The van der Waals surface area contributed by atoms with Crippen LogP contribution in [0.25, 0.3) is 0 Å². The number of fused-ring (bicyclic) bond motifs is 1. The smallest absolute Gasteiger partial charge is 0.259 e. The topological polar surface area (TPSA) is 53.2 Å². The van der Waals surface area contributed by atoms with Gasteiger partial charge in [-0.25, -0.2) is 0 Å². The number of benzene rings is 1. The molecule has 0 bridgehead atoms. The van der Waals surface area contributed by atoms with Crippen LogP contribution in [0.1, 0.15) is 53.0 Å². The van der Waals surface area contributed by atoms with Crippen molar-refractivity contribution in [2.24, 2.45) is 0 Å². The van der Waals surface area contributed by atoms with E-state index < -0.39 is 0 Å². The molecular formula is C19H22N2O2. The average Bonchev–Trinajstić information content (AvgIpc) is 2.55. The molecule has 2 heterocycles. The summed E-state index contributed by atoms with van der Waals surface area (Å²) in [6.45, 7) is 4.60. The van der Waals surface area contributed by atoms with Crippen molar-refractivity contribution in [3.63, 3.8) is 0 Å². The van der Waals surface area contributed by atoms with Gasteiger partial charge in [-0.3, -0.25) is 9.59 Å². The van der Waals surface area contributed by atoms with Crippen molar-refractivity contribution in [2.45, 2.75) is 39.2 Å². The Morgan fingerprint density at radius 1 is 1.35 bits per heavy atom. The third-order valence-electron chi connectivity index (χ3n) is 4.52. The lowest BCUT2D eigenvalue weighted by atomic mass is 9.89. The summed E-state index contributed by atoms with van der Waals surface area (Å²) >= 11 is 0. The van der Waals surface area contributed by atoms with Gasteiger partial charge in [0, 0.05) is 24.5 Å². The number of hydrogen-bond donors (Lipinski definition) is 1. The summed E-state index contributed by atoms with van der Waals surface area (Å²) in [5.41, 5.74) is 3.32. The summed E-state index contributed by atoms with van der Waals surface area (Å²) in [5, 5.41) is 0. The van der Waals surface area contributed by atoms with Crippen molar-refractivity contribution in [1.82, 2.24) is 9.88 Å². The van der Waals surface area contributed by atoms with Gasteiger partial charge in [0.2, 0.25) is 0 Å². The van der Waals surface area contributed by atoms with Crippen molar-refractivity contribution >= 4 is 5.91 Å². The fourth-order valence-electron chi connectivity index (χ4n) is 3.37. The number of pyridine rings is 1. The molecule has 2 aromatic rings. The number of aromatic nitrogens is 1. The van der Waals surface area contributed by atoms with E-state index in [2.05, 4.69) is 24.0 Å². The fourth-order valence-corrected chi connectivity index (χ4v) is 3.37. The molecule has 4 heteroatoms. The van der Waals surface area contributed by atoms with Crippen LogP contribution in [0.3, 0.4) is 0 Å². The number of amides is 1. The van der Waals surface area contributed by atoms with Gasteiger partial charge in [0.15, 0.2) is 5.43 Å². The van der Waals surface area contributed by atoms with Crippen LogP contribution in [-0.4, -0.2) is 22.3 Å². The molecule has 4 nitrogen and oxygen atoms in total. The number of H-pyrrole nitrogens is 1. The Hall–Kier alpha value is -2.36. The minimum absolute atomic E-state index is 0.0538. The van der Waals surface area contributed by atoms with E-state index in [0.717, 1.165) is 25.0 Å². The van der Waals surface area contributed by atoms with Crippen LogP contribution in [0.15, 0.2) is 41.3 Å². The molecule has 23 heavy (non-hydrogen) atoms. The standard InChI is InChI=1S/C19H22N2O2/c1-3-6-17-15-8-5-4-7-14(15)9-10-21(17)19(23)16-12-20-13(2)11-18(16)22/h4-5,7-8,11-12,17H,3,6,9-10H2,1-2H3,(H,20,22)/t17-/m1/s1. The zero-order valence-electron chi connectivity index (χ0n) is 13.6. The van der Waals surface area contributed by atoms with E-state index in [4.69, 9.17) is 0 Å². The number of rotatable bonds is 3. The maximum atomic E-state index is 12.9. The maximum Gasteiger partial charge on any atom is 0.259 e. The lowest BCUT2D eigenvalue weighted by molar-refractivity contribution is 0.0648. The van der Waals surface area contributed by atoms with E-state index in [1.54, 1.807) is 6.20 Å². The lowest BCUT2D eigenvalue weighted by Crippen LogP contribution is -2.41. The Kier molecular flexibility index (Phi) is 4.33. The molecule has 0 fully saturated rings. The molecular weight excluding hydrogens is 288 g/mol. The molecule has 120 valence electrons. The largest absolute Gasteiger partial charge is 0.364 e. The normalized spacial score (nSPS) is 17.0. The number of nitrogens with zero attached hydrogens (tertiary/aromatic N) is 1. The van der Waals surface area contributed by atoms with Gasteiger partial charge in [-0.15, -0.1) is 0 Å². The molecule has 1 aliphatic rings. The van der Waals surface area contributed by atoms with Crippen LogP contribution in [0.4, 0.5) is 0 Å². The van der Waals surface area contributed by atoms with Gasteiger partial charge in [0.05, 0.1) is 6.04 Å². The Labute approximate surface area is 136 Å². The average molecular weight is 310 g/mol. The maximum absolute atomic E-state index is 12.9. The highest BCUT2D eigenvalue weighted by Gasteiger charge is 2.31. The molecule has 0 radical (unpaired) electrons. The first-order valence-corrected chi connectivity index (χ1v) is 8.20. The number of carbonyl (C=O) groups excluding carboxylic acids is 1. The van der Waals surface area contributed by atoms with E-state index in [0.29, 0.717) is 6.54 Å². The highest BCUT2D eigenvalue weighted by atomic mass is 16.2. The van der Waals surface area contributed by atoms with Crippen molar-refractivity contribution in [3.05, 3.63) is 69.1 Å². The van der Waals surface area contributed by atoms with E-state index in [1.165, 1.54) is 17.2 Å². The molecule has 1 amide bonds. The van der Waals surface area contributed by atoms with Crippen LogP contribution in [0, 0.1) is 6.92 Å². The van der Waals surface area contributed by atoms with Gasteiger partial charge >= 0.3 is 0 Å². The third kappa shape index (κ3) is 2.93. The number of carbonyl (C=O) groups is 1. The van der Waals surface area contributed by atoms with Crippen molar-refractivity contribution in [1.29, 1.82) is 0 Å². The Balaban J connectivity index is 1.98. The molecule has 1 atom stereocenters. The predicted molar refractivity (Wildman–Crippen MR) is 90.6 cm³/mol. The SMILES string of the molecule is CCC[C@@H]1c2ccccc2CCN1C(=O)c1c[nH]c(C)cc1=O. The molecule has 0 spiro atoms. The number of aromatic amines is 1. The molecule has 1 aliphatic heterocycles. The summed E-state index contributed by atoms with van der Waals surface area (Å²) in [4.78, 5) is 29.9. The fraction of sp³-hybridized carbons (Fsp3) is 0.368. The first kappa shape index (κ1) is 15.5. The zero-order chi connectivity index (χ0) is 16.4. The summed E-state index contributed by atoms with van der Waals surface area (Å²) in [5.74, 6) is -0.167. The van der Waals surface area contributed by atoms with Crippen molar-refractivity contribution in [2.75, 3.05) is 6.54 Å². The quantitative estimate of drug-likeness (QED) is 0.946. The Morgan fingerprint density at radius 3 is 2.87 bits per heavy atom. The third-order valence-corrected chi connectivity index (χ3v) is 4.52. The monoisotopic (exact) mass is 310 g/mol. The summed E-state index contributed by atoms with van der Waals surface area (Å²) in [6.07, 6.45) is 4.29. The second-order valence-corrected chi connectivity index (χ2v) is 6.15. The minimum Gasteiger partial charge on any atom is -0.364 e. The highest BCUT2D eigenvalue weighted by molar-refractivity contribution is 5.94. The summed E-state index contributed by atoms with van der Waals surface area (Å²) < 4.78 is 0. The molecule has 0 unspecified atom stereocenters. The Bertz CT molecular complexity index is 779. The Morgan fingerprint density at radius 2 is 2.13 bits per heavy atom. The van der Waals surface area contributed by atoms with E-state index in [-0.39, 0.29) is 22.9 Å². The van der Waals surface area contributed by atoms with Gasteiger partial charge in [-0.1, -0.05) is 37.6 Å². The molecule has 3 rings (SSSR count). The molecule has 0 saturated carbocycles. The van der Waals surface area contributed by atoms with Crippen molar-refractivity contribution in [3.8, 4) is 0 Å². The van der Waals surface area contributed by atoms with Gasteiger partial charge in [0.25, 0.3) is 5.91 Å². The summed E-state index contributed by atoms with van der Waals surface area (Å²) in [6, 6.07) is 9.85. The zero-order valence-corrected chi connectivity index (χ0v) is 13.6. The lowest BCUT2D eigenvalue weighted by Gasteiger charge is -2.37. The van der Waals surface area contributed by atoms with Crippen molar-refractivity contribution < 1.29 is 4.79 Å². The highest BCUT2D eigenvalue weighted by Crippen LogP contribution is 2.33. The first-order valence-electron chi connectivity index (χ1n) is 8.20. The minimum atomic E-state index is -0.208. The van der Waals surface area contributed by atoms with Crippen LogP contribution in [-0.2, 0) is 6.42 Å². The van der Waals surface area contributed by atoms with Crippen LogP contribution >= 0.6 is 0 Å². The second kappa shape index (κ2) is 6.41. The van der Waals surface area contributed by atoms with E-state index in [1.807, 2.05) is 24.0 Å². The van der Waals surface area contributed by atoms with Gasteiger partial charge in [0.1, 0.15) is 5.56 Å². The molecule has 1 aromatic carbocycles. The first-order chi connectivity index (χ1) is 11.1. The molecule has 0 saturated heterocycles.